The maximum atomic E-state index is 12.2. The zero-order chi connectivity index (χ0) is 15.7. The van der Waals surface area contributed by atoms with Gasteiger partial charge in [-0.25, -0.2) is 0 Å². The van der Waals surface area contributed by atoms with Crippen molar-refractivity contribution in [1.82, 2.24) is 4.57 Å². The van der Waals surface area contributed by atoms with Crippen molar-refractivity contribution in [2.24, 2.45) is 0 Å². The molecule has 2 rings (SSSR count). The minimum atomic E-state index is -1.78. The summed E-state index contributed by atoms with van der Waals surface area (Å²) in [6.07, 6.45) is 1.83. The highest BCUT2D eigenvalue weighted by Gasteiger charge is 2.37. The lowest BCUT2D eigenvalue weighted by atomic mass is 10.2. The van der Waals surface area contributed by atoms with E-state index in [4.69, 9.17) is 4.43 Å². The first-order valence-corrected chi connectivity index (χ1v) is 10.9. The van der Waals surface area contributed by atoms with Crippen LogP contribution in [-0.2, 0) is 11.0 Å². The molecule has 5 heteroatoms. The SMILES string of the molecule is CC(C)(C)[Si](C)(C)OCc1ccn(-c2cccs2)c(=O)c1. The summed E-state index contributed by atoms with van der Waals surface area (Å²) >= 11 is 1.56. The number of hydrogen-bond donors (Lipinski definition) is 0. The quantitative estimate of drug-likeness (QED) is 0.781. The van der Waals surface area contributed by atoms with Crippen molar-refractivity contribution < 1.29 is 4.43 Å². The average molecular weight is 322 g/mol. The highest BCUT2D eigenvalue weighted by atomic mass is 32.1. The molecule has 21 heavy (non-hydrogen) atoms. The summed E-state index contributed by atoms with van der Waals surface area (Å²) in [7, 11) is -1.78. The zero-order valence-corrected chi connectivity index (χ0v) is 15.2. The molecule has 2 aromatic heterocycles. The molecular formula is C16H23NO2SSi. The molecule has 0 spiro atoms. The van der Waals surface area contributed by atoms with E-state index < -0.39 is 8.32 Å². The second kappa shape index (κ2) is 5.91. The van der Waals surface area contributed by atoms with E-state index in [0.29, 0.717) is 6.61 Å². The van der Waals surface area contributed by atoms with Gasteiger partial charge in [0.15, 0.2) is 8.32 Å². The molecule has 114 valence electrons. The smallest absolute Gasteiger partial charge is 0.256 e. The molecule has 0 unspecified atom stereocenters. The van der Waals surface area contributed by atoms with Gasteiger partial charge in [-0.05, 0) is 47.3 Å². The van der Waals surface area contributed by atoms with Crippen LogP contribution in [0.3, 0.4) is 0 Å². The fourth-order valence-corrected chi connectivity index (χ4v) is 3.36. The van der Waals surface area contributed by atoms with Crippen LogP contribution in [0.4, 0.5) is 0 Å². The summed E-state index contributed by atoms with van der Waals surface area (Å²) in [4.78, 5) is 12.2. The Balaban J connectivity index is 2.14. The number of aromatic nitrogens is 1. The van der Waals surface area contributed by atoms with Gasteiger partial charge < -0.3 is 4.43 Å². The maximum Gasteiger partial charge on any atom is 0.256 e. The Bertz CT molecular complexity index is 654. The second-order valence-electron chi connectivity index (χ2n) is 6.74. The monoisotopic (exact) mass is 321 g/mol. The fourth-order valence-electron chi connectivity index (χ4n) is 1.68. The molecule has 0 saturated heterocycles. The molecule has 0 N–H and O–H groups in total. The summed E-state index contributed by atoms with van der Waals surface area (Å²) in [5, 5.41) is 3.09. The molecule has 0 saturated carbocycles. The van der Waals surface area contributed by atoms with Crippen molar-refractivity contribution >= 4 is 19.7 Å². The van der Waals surface area contributed by atoms with Crippen molar-refractivity contribution in [3.8, 4) is 5.00 Å². The van der Waals surface area contributed by atoms with Crippen molar-refractivity contribution in [2.75, 3.05) is 0 Å². The van der Waals surface area contributed by atoms with Gasteiger partial charge >= 0.3 is 0 Å². The van der Waals surface area contributed by atoms with E-state index in [2.05, 4.69) is 33.9 Å². The van der Waals surface area contributed by atoms with Crippen LogP contribution >= 0.6 is 11.3 Å². The predicted octanol–water partition coefficient (Wildman–Crippen LogP) is 4.42. The lowest BCUT2D eigenvalue weighted by molar-refractivity contribution is 0.276. The first kappa shape index (κ1) is 16.2. The summed E-state index contributed by atoms with van der Waals surface area (Å²) < 4.78 is 7.83. The van der Waals surface area contributed by atoms with Crippen LogP contribution in [0.2, 0.25) is 18.1 Å². The molecule has 2 heterocycles. The van der Waals surface area contributed by atoms with Crippen molar-refractivity contribution in [3.05, 3.63) is 51.8 Å². The first-order chi connectivity index (χ1) is 9.71. The van der Waals surface area contributed by atoms with Gasteiger partial charge in [0.05, 0.1) is 6.61 Å². The van der Waals surface area contributed by atoms with E-state index in [0.717, 1.165) is 10.6 Å². The van der Waals surface area contributed by atoms with E-state index in [-0.39, 0.29) is 10.6 Å². The Labute approximate surface area is 131 Å². The minimum Gasteiger partial charge on any atom is -0.413 e. The minimum absolute atomic E-state index is 0.00576. The van der Waals surface area contributed by atoms with Crippen molar-refractivity contribution in [1.29, 1.82) is 0 Å². The highest BCUT2D eigenvalue weighted by molar-refractivity contribution is 7.12. The third-order valence-electron chi connectivity index (χ3n) is 4.13. The van der Waals surface area contributed by atoms with Crippen LogP contribution in [0.5, 0.6) is 0 Å². The van der Waals surface area contributed by atoms with Crippen molar-refractivity contribution in [2.45, 2.75) is 45.5 Å². The van der Waals surface area contributed by atoms with Crippen LogP contribution in [0.15, 0.2) is 40.6 Å². The van der Waals surface area contributed by atoms with Crippen LogP contribution in [-0.4, -0.2) is 12.9 Å². The predicted molar refractivity (Wildman–Crippen MR) is 91.9 cm³/mol. The Morgan fingerprint density at radius 2 is 2.00 bits per heavy atom. The molecule has 0 atom stereocenters. The van der Waals surface area contributed by atoms with Crippen LogP contribution < -0.4 is 5.56 Å². The van der Waals surface area contributed by atoms with E-state index in [9.17, 15) is 4.79 Å². The maximum absolute atomic E-state index is 12.2. The van der Waals surface area contributed by atoms with Gasteiger partial charge in [0.1, 0.15) is 5.00 Å². The van der Waals surface area contributed by atoms with E-state index >= 15 is 0 Å². The summed E-state index contributed by atoms with van der Waals surface area (Å²) in [5.41, 5.74) is 0.936. The van der Waals surface area contributed by atoms with E-state index in [1.807, 2.05) is 29.8 Å². The molecule has 0 fully saturated rings. The van der Waals surface area contributed by atoms with Gasteiger partial charge in [-0.2, -0.15) is 0 Å². The zero-order valence-electron chi connectivity index (χ0n) is 13.3. The number of thiophene rings is 1. The standard InChI is InChI=1S/C16H23NO2SSi/c1-16(2,3)21(4,5)19-12-13-8-9-17(14(18)11-13)15-7-6-10-20-15/h6-11H,12H2,1-5H3. The summed E-state index contributed by atoms with van der Waals surface area (Å²) in [6, 6.07) is 7.53. The Morgan fingerprint density at radius 3 is 2.52 bits per heavy atom. The van der Waals surface area contributed by atoms with Gasteiger partial charge in [0.2, 0.25) is 0 Å². The average Bonchev–Trinajstić information content (AvgIpc) is 2.89. The lowest BCUT2D eigenvalue weighted by Gasteiger charge is -2.36. The molecule has 0 aliphatic carbocycles. The van der Waals surface area contributed by atoms with Crippen molar-refractivity contribution in [3.63, 3.8) is 0 Å². The molecule has 0 aliphatic heterocycles. The molecule has 0 radical (unpaired) electrons. The summed E-state index contributed by atoms with van der Waals surface area (Å²) in [5.74, 6) is 0. The topological polar surface area (TPSA) is 31.2 Å². The second-order valence-corrected chi connectivity index (χ2v) is 12.5. The first-order valence-electron chi connectivity index (χ1n) is 7.10. The normalized spacial score (nSPS) is 12.6. The third-order valence-corrected chi connectivity index (χ3v) is 9.48. The van der Waals surface area contributed by atoms with Crippen LogP contribution in [0.25, 0.3) is 5.00 Å². The highest BCUT2D eigenvalue weighted by Crippen LogP contribution is 2.36. The molecule has 0 bridgehead atoms. The van der Waals surface area contributed by atoms with Gasteiger partial charge in [-0.3, -0.25) is 9.36 Å². The lowest BCUT2D eigenvalue weighted by Crippen LogP contribution is -2.40. The van der Waals surface area contributed by atoms with Gasteiger partial charge in [-0.15, -0.1) is 11.3 Å². The van der Waals surface area contributed by atoms with Gasteiger partial charge in [0, 0.05) is 12.3 Å². The van der Waals surface area contributed by atoms with Gasteiger partial charge in [-0.1, -0.05) is 20.8 Å². The fraction of sp³-hybridized carbons (Fsp3) is 0.438. The summed E-state index contributed by atoms with van der Waals surface area (Å²) in [6.45, 7) is 11.6. The van der Waals surface area contributed by atoms with E-state index in [1.165, 1.54) is 0 Å². The molecule has 3 nitrogen and oxygen atoms in total. The number of hydrogen-bond acceptors (Lipinski definition) is 3. The molecular weight excluding hydrogens is 298 g/mol. The Hall–Kier alpha value is -1.17. The van der Waals surface area contributed by atoms with E-state index in [1.54, 1.807) is 22.0 Å². The number of pyridine rings is 1. The Morgan fingerprint density at radius 1 is 1.29 bits per heavy atom. The Kier molecular flexibility index (Phi) is 4.56. The molecule has 0 amide bonds. The molecule has 0 aliphatic rings. The molecule has 2 aromatic rings. The third kappa shape index (κ3) is 3.73. The number of nitrogens with zero attached hydrogens (tertiary/aromatic N) is 1. The number of rotatable bonds is 4. The van der Waals surface area contributed by atoms with Crippen LogP contribution in [0.1, 0.15) is 26.3 Å². The molecule has 0 aromatic carbocycles. The van der Waals surface area contributed by atoms with Gasteiger partial charge in [0.25, 0.3) is 5.56 Å². The van der Waals surface area contributed by atoms with Crippen LogP contribution in [0, 0.1) is 0 Å². The largest absolute Gasteiger partial charge is 0.413 e.